The number of alkyl halides is 3. The van der Waals surface area contributed by atoms with Gasteiger partial charge in [-0.25, -0.2) is 0 Å². The largest absolute Gasteiger partial charge is 0.493 e. The van der Waals surface area contributed by atoms with Gasteiger partial charge in [-0.1, -0.05) is 24.3 Å². The van der Waals surface area contributed by atoms with Crippen molar-refractivity contribution in [3.8, 4) is 28.7 Å². The number of ether oxygens (including phenoxy) is 5. The minimum atomic E-state index is -4.43. The van der Waals surface area contributed by atoms with Crippen LogP contribution < -0.4 is 29.0 Å². The Hall–Kier alpha value is -4.60. The topological polar surface area (TPSA) is 75.3 Å². The van der Waals surface area contributed by atoms with Gasteiger partial charge in [0.2, 0.25) is 11.7 Å². The van der Waals surface area contributed by atoms with Crippen molar-refractivity contribution in [2.24, 2.45) is 0 Å². The molecule has 0 saturated heterocycles. The number of amides is 1. The van der Waals surface area contributed by atoms with Gasteiger partial charge in [0.05, 0.1) is 46.8 Å². The molecule has 0 atom stereocenters. The minimum Gasteiger partial charge on any atom is -0.493 e. The second-order valence-electron chi connectivity index (χ2n) is 8.04. The van der Waals surface area contributed by atoms with Gasteiger partial charge in [-0.05, 0) is 59.2 Å². The molecule has 0 spiro atoms. The number of carbonyl (C=O) groups is 1. The van der Waals surface area contributed by atoms with Crippen LogP contribution in [0.2, 0.25) is 0 Å². The molecule has 0 saturated carbocycles. The number of halogens is 3. The first-order valence-corrected chi connectivity index (χ1v) is 11.5. The number of methoxy groups -OCH3 is 5. The van der Waals surface area contributed by atoms with E-state index in [2.05, 4.69) is 5.32 Å². The zero-order valence-electron chi connectivity index (χ0n) is 22.0. The highest BCUT2D eigenvalue weighted by Gasteiger charge is 2.29. The summed E-state index contributed by atoms with van der Waals surface area (Å²) < 4.78 is 65.3. The second-order valence-corrected chi connectivity index (χ2v) is 8.04. The van der Waals surface area contributed by atoms with Gasteiger partial charge >= 0.3 is 6.18 Å². The van der Waals surface area contributed by atoms with Crippen LogP contribution in [0, 0.1) is 0 Å². The number of carbonyl (C=O) groups excluding carboxylic acids is 1. The first-order chi connectivity index (χ1) is 18.6. The molecule has 0 aliphatic heterocycles. The van der Waals surface area contributed by atoms with Gasteiger partial charge in [0.15, 0.2) is 23.0 Å². The van der Waals surface area contributed by atoms with Crippen LogP contribution in [0.15, 0.2) is 54.6 Å². The van der Waals surface area contributed by atoms with Crippen molar-refractivity contribution in [3.63, 3.8) is 0 Å². The fourth-order valence-electron chi connectivity index (χ4n) is 3.69. The van der Waals surface area contributed by atoms with E-state index in [4.69, 9.17) is 23.7 Å². The van der Waals surface area contributed by atoms with E-state index in [0.29, 0.717) is 45.6 Å². The highest BCUT2D eigenvalue weighted by Crippen LogP contribution is 2.40. The Morgan fingerprint density at radius 3 is 1.62 bits per heavy atom. The van der Waals surface area contributed by atoms with Crippen LogP contribution in [0.4, 0.5) is 18.9 Å². The van der Waals surface area contributed by atoms with Crippen LogP contribution in [-0.2, 0) is 11.0 Å². The van der Waals surface area contributed by atoms with Crippen molar-refractivity contribution in [1.82, 2.24) is 0 Å². The van der Waals surface area contributed by atoms with Crippen LogP contribution in [0.5, 0.6) is 28.7 Å². The first kappa shape index (κ1) is 29.0. The molecule has 0 bridgehead atoms. The standard InChI is InChI=1S/C29H28F3NO6/c1-35-23-15-19(6-7-20-16-24(36-2)28(39-5)25(17-20)37-3)14-22(27(23)38-4)33-26(34)13-10-18-8-11-21(12-9-18)29(30,31)32/h6-17H,1-5H3,(H,33,34)/b7-6+,13-10+. The van der Waals surface area contributed by atoms with E-state index >= 15 is 0 Å². The van der Waals surface area contributed by atoms with Crippen molar-refractivity contribution in [3.05, 3.63) is 76.9 Å². The minimum absolute atomic E-state index is 0.304. The Kier molecular flexibility index (Phi) is 9.48. The van der Waals surface area contributed by atoms with Crippen LogP contribution >= 0.6 is 0 Å². The SMILES string of the molecule is COc1cc(/C=C/c2cc(OC)c(OC)c(OC)c2)cc(NC(=O)/C=C/c2ccc(C(F)(F)F)cc2)c1OC. The lowest BCUT2D eigenvalue weighted by molar-refractivity contribution is -0.137. The molecule has 0 aliphatic rings. The van der Waals surface area contributed by atoms with E-state index in [-0.39, 0.29) is 0 Å². The fourth-order valence-corrected chi connectivity index (χ4v) is 3.69. The second kappa shape index (κ2) is 12.8. The molecule has 0 unspecified atom stereocenters. The molecule has 0 aromatic heterocycles. The number of rotatable bonds is 10. The van der Waals surface area contributed by atoms with Gasteiger partial charge in [0.1, 0.15) is 0 Å². The molecular weight excluding hydrogens is 515 g/mol. The highest BCUT2D eigenvalue weighted by atomic mass is 19.4. The lowest BCUT2D eigenvalue weighted by Crippen LogP contribution is -2.10. The summed E-state index contributed by atoms with van der Waals surface area (Å²) in [6.07, 6.45) is 1.82. The monoisotopic (exact) mass is 543 g/mol. The van der Waals surface area contributed by atoms with Gasteiger partial charge in [-0.15, -0.1) is 0 Å². The van der Waals surface area contributed by atoms with E-state index < -0.39 is 17.6 Å². The molecule has 0 radical (unpaired) electrons. The Morgan fingerprint density at radius 1 is 0.667 bits per heavy atom. The fraction of sp³-hybridized carbons (Fsp3) is 0.207. The van der Waals surface area contributed by atoms with E-state index in [1.807, 2.05) is 6.08 Å². The van der Waals surface area contributed by atoms with Crippen LogP contribution in [0.25, 0.3) is 18.2 Å². The quantitative estimate of drug-likeness (QED) is 0.230. The average Bonchev–Trinajstić information content (AvgIpc) is 2.93. The zero-order valence-corrected chi connectivity index (χ0v) is 22.0. The third-order valence-corrected chi connectivity index (χ3v) is 5.58. The maximum Gasteiger partial charge on any atom is 0.416 e. The highest BCUT2D eigenvalue weighted by molar-refractivity contribution is 6.03. The molecule has 3 aromatic rings. The van der Waals surface area contributed by atoms with E-state index in [1.54, 1.807) is 30.3 Å². The molecule has 0 aliphatic carbocycles. The van der Waals surface area contributed by atoms with E-state index in [1.165, 1.54) is 59.8 Å². The number of hydrogen-bond donors (Lipinski definition) is 1. The van der Waals surface area contributed by atoms with Gasteiger partial charge in [0.25, 0.3) is 0 Å². The number of benzene rings is 3. The third-order valence-electron chi connectivity index (χ3n) is 5.58. The van der Waals surface area contributed by atoms with Gasteiger partial charge in [0, 0.05) is 6.08 Å². The normalized spacial score (nSPS) is 11.5. The van der Waals surface area contributed by atoms with Crippen LogP contribution in [-0.4, -0.2) is 41.5 Å². The Labute approximate surface area is 224 Å². The Balaban J connectivity index is 1.87. The molecule has 3 aromatic carbocycles. The van der Waals surface area contributed by atoms with Crippen LogP contribution in [0.3, 0.4) is 0 Å². The maximum atomic E-state index is 12.8. The first-order valence-electron chi connectivity index (χ1n) is 11.5. The number of hydrogen-bond acceptors (Lipinski definition) is 6. The summed E-state index contributed by atoms with van der Waals surface area (Å²) in [5, 5.41) is 2.73. The summed E-state index contributed by atoms with van der Waals surface area (Å²) in [4.78, 5) is 12.6. The molecule has 7 nitrogen and oxygen atoms in total. The van der Waals surface area contributed by atoms with Gasteiger partial charge < -0.3 is 29.0 Å². The van der Waals surface area contributed by atoms with Crippen molar-refractivity contribution in [1.29, 1.82) is 0 Å². The molecule has 0 fully saturated rings. The molecule has 3 rings (SSSR count). The van der Waals surface area contributed by atoms with Crippen molar-refractivity contribution in [2.45, 2.75) is 6.18 Å². The summed E-state index contributed by atoms with van der Waals surface area (Å²) in [5.41, 5.74) is 1.46. The molecular formula is C29H28F3NO6. The summed E-state index contributed by atoms with van der Waals surface area (Å²) >= 11 is 0. The molecule has 10 heteroatoms. The van der Waals surface area contributed by atoms with Crippen molar-refractivity contribution >= 4 is 29.8 Å². The number of nitrogens with one attached hydrogen (secondary N) is 1. The lowest BCUT2D eigenvalue weighted by atomic mass is 10.1. The maximum absolute atomic E-state index is 12.8. The molecule has 0 heterocycles. The smallest absolute Gasteiger partial charge is 0.416 e. The Morgan fingerprint density at radius 2 is 1.15 bits per heavy atom. The summed E-state index contributed by atoms with van der Waals surface area (Å²) in [6.45, 7) is 0. The summed E-state index contributed by atoms with van der Waals surface area (Å²) in [7, 11) is 7.49. The summed E-state index contributed by atoms with van der Waals surface area (Å²) in [6, 6.07) is 11.5. The van der Waals surface area contributed by atoms with E-state index in [9.17, 15) is 18.0 Å². The van der Waals surface area contributed by atoms with Crippen molar-refractivity contribution < 1.29 is 41.7 Å². The number of anilines is 1. The average molecular weight is 544 g/mol. The van der Waals surface area contributed by atoms with Crippen molar-refractivity contribution in [2.75, 3.05) is 40.9 Å². The predicted molar refractivity (Wildman–Crippen MR) is 144 cm³/mol. The summed E-state index contributed by atoms with van der Waals surface area (Å²) in [5.74, 6) is 1.64. The molecule has 39 heavy (non-hydrogen) atoms. The van der Waals surface area contributed by atoms with Gasteiger partial charge in [-0.3, -0.25) is 4.79 Å². The van der Waals surface area contributed by atoms with Crippen LogP contribution in [0.1, 0.15) is 22.3 Å². The molecule has 1 N–H and O–H groups in total. The van der Waals surface area contributed by atoms with E-state index in [0.717, 1.165) is 17.7 Å². The molecule has 1 amide bonds. The predicted octanol–water partition coefficient (Wildman–Crippen LogP) is 6.57. The third kappa shape index (κ3) is 7.25. The van der Waals surface area contributed by atoms with Gasteiger partial charge in [-0.2, -0.15) is 13.2 Å². The molecule has 206 valence electrons. The lowest BCUT2D eigenvalue weighted by Gasteiger charge is -2.14. The Bertz CT molecular complexity index is 1340. The zero-order chi connectivity index (χ0) is 28.6.